The van der Waals surface area contributed by atoms with E-state index in [-0.39, 0.29) is 5.56 Å². The van der Waals surface area contributed by atoms with E-state index < -0.39 is 0 Å². The van der Waals surface area contributed by atoms with Crippen molar-refractivity contribution in [1.82, 2.24) is 15.2 Å². The number of hydrogen-bond acceptors (Lipinski definition) is 2. The average molecular weight is 375 g/mol. The molecular weight excluding hydrogens is 348 g/mol. The number of aliphatic imine (C=N–C) groups is 1. The molecule has 0 radical (unpaired) electrons. The Morgan fingerprint density at radius 2 is 1.81 bits per heavy atom. The fourth-order valence-electron chi connectivity index (χ4n) is 2.71. The molecule has 0 bridgehead atoms. The topological polar surface area (TPSA) is 58.4 Å². The highest BCUT2D eigenvalue weighted by molar-refractivity contribution is 6.30. The molecule has 0 spiro atoms. The quantitative estimate of drug-likeness (QED) is 0.424. The van der Waals surface area contributed by atoms with Crippen molar-refractivity contribution >= 4 is 17.6 Å². The van der Waals surface area contributed by atoms with Crippen LogP contribution in [0.25, 0.3) is 0 Å². The van der Waals surface area contributed by atoms with E-state index in [9.17, 15) is 4.79 Å². The maximum atomic E-state index is 11.8. The highest BCUT2D eigenvalue weighted by atomic mass is 35.5. The third-order valence-electron chi connectivity index (χ3n) is 4.21. The molecule has 26 heavy (non-hydrogen) atoms. The number of nitrogens with one attached hydrogen (secondary N) is 2. The molecular formula is C20H27ClN4O. The van der Waals surface area contributed by atoms with Gasteiger partial charge in [-0.15, -0.1) is 0 Å². The van der Waals surface area contributed by atoms with Crippen LogP contribution in [0.4, 0.5) is 0 Å². The van der Waals surface area contributed by atoms with Gasteiger partial charge in [-0.2, -0.15) is 0 Å². The number of aromatic nitrogens is 1. The second-order valence-electron chi connectivity index (χ2n) is 6.17. The SMILES string of the molecule is CN=C(NCCCCn1c(C)cccc1=O)NCCc1ccc(Cl)cc1. The molecule has 140 valence electrons. The van der Waals surface area contributed by atoms with Gasteiger partial charge < -0.3 is 15.2 Å². The fraction of sp³-hybridized carbons (Fsp3) is 0.400. The van der Waals surface area contributed by atoms with Crippen LogP contribution in [0.1, 0.15) is 24.1 Å². The normalized spacial score (nSPS) is 11.4. The second kappa shape index (κ2) is 10.7. The molecule has 6 heteroatoms. The van der Waals surface area contributed by atoms with Gasteiger partial charge in [-0.3, -0.25) is 9.79 Å². The van der Waals surface area contributed by atoms with Crippen molar-refractivity contribution in [3.8, 4) is 0 Å². The van der Waals surface area contributed by atoms with Crippen molar-refractivity contribution < 1.29 is 0 Å². The maximum Gasteiger partial charge on any atom is 0.250 e. The summed E-state index contributed by atoms with van der Waals surface area (Å²) in [6, 6.07) is 13.3. The molecule has 0 aliphatic rings. The molecule has 2 rings (SSSR count). The molecule has 2 aromatic rings. The number of pyridine rings is 1. The Kier molecular flexibility index (Phi) is 8.22. The third kappa shape index (κ3) is 6.56. The molecule has 1 aromatic heterocycles. The highest BCUT2D eigenvalue weighted by Gasteiger charge is 2.00. The lowest BCUT2D eigenvalue weighted by atomic mass is 10.1. The van der Waals surface area contributed by atoms with Gasteiger partial charge in [-0.1, -0.05) is 29.8 Å². The minimum absolute atomic E-state index is 0.0673. The molecule has 2 N–H and O–H groups in total. The van der Waals surface area contributed by atoms with E-state index in [1.807, 2.05) is 41.8 Å². The Bertz CT molecular complexity index is 768. The summed E-state index contributed by atoms with van der Waals surface area (Å²) in [6.45, 7) is 4.34. The molecule has 0 unspecified atom stereocenters. The maximum absolute atomic E-state index is 11.8. The fourth-order valence-corrected chi connectivity index (χ4v) is 2.83. The van der Waals surface area contributed by atoms with Gasteiger partial charge in [0.25, 0.3) is 5.56 Å². The van der Waals surface area contributed by atoms with Gasteiger partial charge in [0.05, 0.1) is 0 Å². The number of aryl methyl sites for hydroxylation is 1. The number of benzene rings is 1. The number of unbranched alkanes of at least 4 members (excludes halogenated alkanes) is 1. The molecule has 5 nitrogen and oxygen atoms in total. The summed E-state index contributed by atoms with van der Waals surface area (Å²) in [7, 11) is 1.77. The molecule has 0 saturated carbocycles. The van der Waals surface area contributed by atoms with Crippen LogP contribution in [-0.2, 0) is 13.0 Å². The van der Waals surface area contributed by atoms with E-state index in [0.29, 0.717) is 0 Å². The molecule has 0 amide bonds. The second-order valence-corrected chi connectivity index (χ2v) is 6.60. The van der Waals surface area contributed by atoms with E-state index in [1.54, 1.807) is 19.2 Å². The molecule has 0 fully saturated rings. The van der Waals surface area contributed by atoms with Gasteiger partial charge in [0.2, 0.25) is 0 Å². The Balaban J connectivity index is 1.64. The van der Waals surface area contributed by atoms with Gasteiger partial charge in [0, 0.05) is 43.5 Å². The largest absolute Gasteiger partial charge is 0.356 e. The zero-order valence-electron chi connectivity index (χ0n) is 15.5. The highest BCUT2D eigenvalue weighted by Crippen LogP contribution is 2.09. The van der Waals surface area contributed by atoms with E-state index in [4.69, 9.17) is 11.6 Å². The zero-order chi connectivity index (χ0) is 18.8. The van der Waals surface area contributed by atoms with Gasteiger partial charge in [-0.25, -0.2) is 0 Å². The molecule has 0 saturated heterocycles. The van der Waals surface area contributed by atoms with Crippen LogP contribution in [0.15, 0.2) is 52.3 Å². The lowest BCUT2D eigenvalue weighted by molar-refractivity contribution is 0.575. The van der Waals surface area contributed by atoms with Crippen LogP contribution >= 0.6 is 11.6 Å². The predicted molar refractivity (Wildman–Crippen MR) is 109 cm³/mol. The van der Waals surface area contributed by atoms with E-state index in [0.717, 1.165) is 55.6 Å². The minimum atomic E-state index is 0.0673. The summed E-state index contributed by atoms with van der Waals surface area (Å²) in [5.74, 6) is 0.798. The Hall–Kier alpha value is -2.27. The smallest absolute Gasteiger partial charge is 0.250 e. The van der Waals surface area contributed by atoms with E-state index in [2.05, 4.69) is 15.6 Å². The summed E-state index contributed by atoms with van der Waals surface area (Å²) < 4.78 is 1.82. The van der Waals surface area contributed by atoms with Crippen molar-refractivity contribution in [3.05, 3.63) is 69.1 Å². The Labute approximate surface area is 160 Å². The molecule has 1 heterocycles. The van der Waals surface area contributed by atoms with Gasteiger partial charge >= 0.3 is 0 Å². The number of rotatable bonds is 8. The van der Waals surface area contributed by atoms with Gasteiger partial charge in [-0.05, 0) is 49.9 Å². The molecule has 1 aromatic carbocycles. The first-order valence-corrected chi connectivity index (χ1v) is 9.33. The van der Waals surface area contributed by atoms with Crippen molar-refractivity contribution in [3.63, 3.8) is 0 Å². The number of hydrogen-bond donors (Lipinski definition) is 2. The summed E-state index contributed by atoms with van der Waals surface area (Å²) in [6.07, 6.45) is 2.83. The Morgan fingerprint density at radius 1 is 1.08 bits per heavy atom. The summed E-state index contributed by atoms with van der Waals surface area (Å²) in [5.41, 5.74) is 2.31. The first kappa shape index (κ1) is 20.0. The lowest BCUT2D eigenvalue weighted by Crippen LogP contribution is -2.38. The summed E-state index contributed by atoms with van der Waals surface area (Å²) in [4.78, 5) is 16.1. The van der Waals surface area contributed by atoms with Crippen molar-refractivity contribution in [2.45, 2.75) is 32.7 Å². The van der Waals surface area contributed by atoms with Crippen molar-refractivity contribution in [2.24, 2.45) is 4.99 Å². The number of guanidine groups is 1. The van der Waals surface area contributed by atoms with Crippen LogP contribution < -0.4 is 16.2 Å². The first-order chi connectivity index (χ1) is 12.6. The van der Waals surface area contributed by atoms with Gasteiger partial charge in [0.1, 0.15) is 0 Å². The monoisotopic (exact) mass is 374 g/mol. The van der Waals surface area contributed by atoms with Crippen LogP contribution in [0.2, 0.25) is 5.02 Å². The van der Waals surface area contributed by atoms with Crippen LogP contribution in [0, 0.1) is 6.92 Å². The van der Waals surface area contributed by atoms with Crippen molar-refractivity contribution in [1.29, 1.82) is 0 Å². The number of nitrogens with zero attached hydrogens (tertiary/aromatic N) is 2. The third-order valence-corrected chi connectivity index (χ3v) is 4.46. The van der Waals surface area contributed by atoms with Crippen molar-refractivity contribution in [2.75, 3.05) is 20.1 Å². The van der Waals surface area contributed by atoms with Crippen LogP contribution in [-0.4, -0.2) is 30.7 Å². The van der Waals surface area contributed by atoms with Crippen LogP contribution in [0.3, 0.4) is 0 Å². The first-order valence-electron chi connectivity index (χ1n) is 8.95. The van der Waals surface area contributed by atoms with E-state index >= 15 is 0 Å². The average Bonchev–Trinajstić information content (AvgIpc) is 2.63. The van der Waals surface area contributed by atoms with Gasteiger partial charge in [0.15, 0.2) is 5.96 Å². The molecule has 0 atom stereocenters. The number of halogens is 1. The van der Waals surface area contributed by atoms with Crippen LogP contribution in [0.5, 0.6) is 0 Å². The summed E-state index contributed by atoms with van der Waals surface area (Å²) >= 11 is 5.89. The minimum Gasteiger partial charge on any atom is -0.356 e. The molecule has 0 aliphatic carbocycles. The lowest BCUT2D eigenvalue weighted by Gasteiger charge is -2.13. The predicted octanol–water partition coefficient (Wildman–Crippen LogP) is 3.00. The summed E-state index contributed by atoms with van der Waals surface area (Å²) in [5, 5.41) is 7.38. The van der Waals surface area contributed by atoms with E-state index in [1.165, 1.54) is 5.56 Å². The Morgan fingerprint density at radius 3 is 2.50 bits per heavy atom. The zero-order valence-corrected chi connectivity index (χ0v) is 16.2. The standard InChI is InChI=1S/C20H27ClN4O/c1-16-6-5-7-19(26)25(16)15-4-3-13-23-20(22-2)24-14-12-17-8-10-18(21)11-9-17/h5-11H,3-4,12-15H2,1-2H3,(H2,22,23,24). The molecule has 0 aliphatic heterocycles.